The minimum absolute atomic E-state index is 0.0222. The van der Waals surface area contributed by atoms with E-state index in [-0.39, 0.29) is 22.9 Å². The summed E-state index contributed by atoms with van der Waals surface area (Å²) in [6.45, 7) is 0.844. The fourth-order valence-electron chi connectivity index (χ4n) is 2.41. The van der Waals surface area contributed by atoms with E-state index < -0.39 is 10.9 Å². The third-order valence-electron chi connectivity index (χ3n) is 3.81. The molecule has 0 bridgehead atoms. The van der Waals surface area contributed by atoms with Crippen LogP contribution in [0, 0.1) is 10.1 Å². The van der Waals surface area contributed by atoms with Crippen LogP contribution in [0.15, 0.2) is 48.8 Å². The zero-order valence-corrected chi connectivity index (χ0v) is 15.6. The van der Waals surface area contributed by atoms with E-state index in [1.165, 1.54) is 24.5 Å². The van der Waals surface area contributed by atoms with Gasteiger partial charge >= 0.3 is 5.97 Å². The number of hydrogen-bond donors (Lipinski definition) is 3. The van der Waals surface area contributed by atoms with Crippen molar-refractivity contribution in [3.8, 4) is 11.3 Å². The van der Waals surface area contributed by atoms with Crippen molar-refractivity contribution in [3.05, 3.63) is 69.5 Å². The van der Waals surface area contributed by atoms with Gasteiger partial charge in [-0.3, -0.25) is 10.1 Å². The SMILES string of the molecule is O=C(O)c1cnc(NCCNc2ccc([N+](=O)[O-])cn2)nc1-c1ccc(Cl)cc1. The molecule has 0 fully saturated rings. The molecule has 0 radical (unpaired) electrons. The van der Waals surface area contributed by atoms with Gasteiger partial charge in [0.15, 0.2) is 0 Å². The first kappa shape index (κ1) is 20.0. The maximum Gasteiger partial charge on any atom is 0.339 e. The fraction of sp³-hybridized carbons (Fsp3) is 0.111. The van der Waals surface area contributed by atoms with Crippen LogP contribution in [-0.2, 0) is 0 Å². The Kier molecular flexibility index (Phi) is 6.15. The molecule has 2 heterocycles. The van der Waals surface area contributed by atoms with Crippen LogP contribution in [0.25, 0.3) is 11.3 Å². The Hall–Kier alpha value is -3.79. The topological polar surface area (TPSA) is 143 Å². The quantitative estimate of drug-likeness (QED) is 0.287. The second kappa shape index (κ2) is 8.93. The largest absolute Gasteiger partial charge is 0.478 e. The molecule has 0 atom stereocenters. The number of halogens is 1. The molecule has 10 nitrogen and oxygen atoms in total. The highest BCUT2D eigenvalue weighted by molar-refractivity contribution is 6.30. The number of carboxylic acid groups (broad SMARTS) is 1. The molecule has 0 spiro atoms. The number of rotatable bonds is 8. The summed E-state index contributed by atoms with van der Waals surface area (Å²) >= 11 is 5.89. The summed E-state index contributed by atoms with van der Waals surface area (Å²) in [4.78, 5) is 33.9. The van der Waals surface area contributed by atoms with Crippen molar-refractivity contribution in [2.75, 3.05) is 23.7 Å². The molecule has 0 saturated heterocycles. The highest BCUT2D eigenvalue weighted by Gasteiger charge is 2.15. The number of nitrogens with zero attached hydrogens (tertiary/aromatic N) is 4. The summed E-state index contributed by atoms with van der Waals surface area (Å²) < 4.78 is 0. The average molecular weight is 415 g/mol. The lowest BCUT2D eigenvalue weighted by Gasteiger charge is -2.10. The Balaban J connectivity index is 1.65. The molecular weight excluding hydrogens is 400 g/mol. The van der Waals surface area contributed by atoms with E-state index in [4.69, 9.17) is 11.6 Å². The summed E-state index contributed by atoms with van der Waals surface area (Å²) in [6, 6.07) is 9.53. The van der Waals surface area contributed by atoms with Gasteiger partial charge in [0.1, 0.15) is 17.6 Å². The first-order chi connectivity index (χ1) is 13.9. The van der Waals surface area contributed by atoms with Crippen molar-refractivity contribution in [2.24, 2.45) is 0 Å². The first-order valence-electron chi connectivity index (χ1n) is 8.38. The molecule has 0 saturated carbocycles. The molecule has 0 aliphatic rings. The van der Waals surface area contributed by atoms with E-state index in [2.05, 4.69) is 25.6 Å². The molecule has 3 N–H and O–H groups in total. The van der Waals surface area contributed by atoms with E-state index in [9.17, 15) is 20.0 Å². The summed E-state index contributed by atoms with van der Waals surface area (Å²) in [5.41, 5.74) is 0.767. The lowest BCUT2D eigenvalue weighted by atomic mass is 10.1. The molecule has 148 valence electrons. The van der Waals surface area contributed by atoms with Crippen LogP contribution < -0.4 is 10.6 Å². The molecule has 0 aliphatic carbocycles. The third kappa shape index (κ3) is 5.14. The van der Waals surface area contributed by atoms with Gasteiger partial charge in [-0.1, -0.05) is 23.7 Å². The average Bonchev–Trinajstić information content (AvgIpc) is 2.72. The second-order valence-electron chi connectivity index (χ2n) is 5.78. The lowest BCUT2D eigenvalue weighted by molar-refractivity contribution is -0.385. The van der Waals surface area contributed by atoms with Crippen LogP contribution >= 0.6 is 11.6 Å². The van der Waals surface area contributed by atoms with Gasteiger partial charge in [-0.05, 0) is 18.2 Å². The number of carbonyl (C=O) groups is 1. The number of nitro groups is 1. The Morgan fingerprint density at radius 2 is 1.79 bits per heavy atom. The number of carboxylic acids is 1. The fourth-order valence-corrected chi connectivity index (χ4v) is 2.54. The van der Waals surface area contributed by atoms with Gasteiger partial charge in [0, 0.05) is 35.9 Å². The number of aromatic nitrogens is 3. The lowest BCUT2D eigenvalue weighted by Crippen LogP contribution is -2.16. The molecule has 3 rings (SSSR count). The zero-order valence-electron chi connectivity index (χ0n) is 14.9. The summed E-state index contributed by atoms with van der Waals surface area (Å²) in [6.07, 6.45) is 2.41. The van der Waals surface area contributed by atoms with Crippen molar-refractivity contribution in [1.29, 1.82) is 0 Å². The Bertz CT molecular complexity index is 1030. The Labute approximate surface area is 169 Å². The van der Waals surface area contributed by atoms with Crippen LogP contribution in [0.5, 0.6) is 0 Å². The van der Waals surface area contributed by atoms with Crippen molar-refractivity contribution in [2.45, 2.75) is 0 Å². The smallest absolute Gasteiger partial charge is 0.339 e. The predicted octanol–water partition coefficient (Wildman–Crippen LogP) is 3.32. The highest BCUT2D eigenvalue weighted by atomic mass is 35.5. The third-order valence-corrected chi connectivity index (χ3v) is 4.06. The monoisotopic (exact) mass is 414 g/mol. The van der Waals surface area contributed by atoms with Crippen LogP contribution in [0.1, 0.15) is 10.4 Å². The van der Waals surface area contributed by atoms with Crippen LogP contribution in [0.2, 0.25) is 5.02 Å². The highest BCUT2D eigenvalue weighted by Crippen LogP contribution is 2.24. The van der Waals surface area contributed by atoms with Crippen molar-refractivity contribution in [3.63, 3.8) is 0 Å². The second-order valence-corrected chi connectivity index (χ2v) is 6.22. The molecular formula is C18H15ClN6O4. The Morgan fingerprint density at radius 1 is 1.07 bits per heavy atom. The summed E-state index contributed by atoms with van der Waals surface area (Å²) in [5.74, 6) is -0.382. The van der Waals surface area contributed by atoms with Crippen LogP contribution in [-0.4, -0.2) is 44.0 Å². The van der Waals surface area contributed by atoms with Gasteiger partial charge in [0.25, 0.3) is 5.69 Å². The van der Waals surface area contributed by atoms with E-state index in [1.807, 2.05) is 0 Å². The van der Waals surface area contributed by atoms with Gasteiger partial charge in [-0.15, -0.1) is 0 Å². The maximum atomic E-state index is 11.5. The van der Waals surface area contributed by atoms with E-state index in [0.29, 0.717) is 29.5 Å². The van der Waals surface area contributed by atoms with Gasteiger partial charge in [-0.25, -0.2) is 19.7 Å². The Morgan fingerprint density at radius 3 is 2.41 bits per heavy atom. The van der Waals surface area contributed by atoms with Crippen LogP contribution in [0.4, 0.5) is 17.5 Å². The van der Waals surface area contributed by atoms with Crippen molar-refractivity contribution in [1.82, 2.24) is 15.0 Å². The summed E-state index contributed by atoms with van der Waals surface area (Å²) in [5, 5.41) is 26.5. The van der Waals surface area contributed by atoms with Crippen molar-refractivity contribution >= 4 is 35.0 Å². The first-order valence-corrected chi connectivity index (χ1v) is 8.76. The normalized spacial score (nSPS) is 10.4. The minimum Gasteiger partial charge on any atom is -0.478 e. The molecule has 11 heteroatoms. The van der Waals surface area contributed by atoms with Gasteiger partial charge in [0.2, 0.25) is 5.95 Å². The molecule has 29 heavy (non-hydrogen) atoms. The number of nitrogens with one attached hydrogen (secondary N) is 2. The van der Waals surface area contributed by atoms with Gasteiger partial charge in [0.05, 0.1) is 10.6 Å². The van der Waals surface area contributed by atoms with Crippen LogP contribution in [0.3, 0.4) is 0 Å². The molecule has 1 aromatic carbocycles. The van der Waals surface area contributed by atoms with E-state index in [0.717, 1.165) is 0 Å². The predicted molar refractivity (Wildman–Crippen MR) is 107 cm³/mol. The van der Waals surface area contributed by atoms with Crippen molar-refractivity contribution < 1.29 is 14.8 Å². The van der Waals surface area contributed by atoms with E-state index in [1.54, 1.807) is 24.3 Å². The number of benzene rings is 1. The minimum atomic E-state index is -1.13. The zero-order chi connectivity index (χ0) is 20.8. The molecule has 2 aromatic heterocycles. The number of hydrogen-bond acceptors (Lipinski definition) is 8. The standard InChI is InChI=1S/C18H15ClN6O4/c19-12-3-1-11(2-4-12)16-14(17(26)27)10-23-18(24-16)21-8-7-20-15-6-5-13(9-22-15)25(28)29/h1-6,9-10H,7-8H2,(H,20,22)(H,26,27)(H,21,23,24). The molecule has 0 amide bonds. The number of aromatic carboxylic acids is 1. The molecule has 3 aromatic rings. The molecule has 0 aliphatic heterocycles. The van der Waals surface area contributed by atoms with Gasteiger partial charge < -0.3 is 15.7 Å². The number of anilines is 2. The van der Waals surface area contributed by atoms with E-state index >= 15 is 0 Å². The maximum absolute atomic E-state index is 11.5. The number of pyridine rings is 1. The van der Waals surface area contributed by atoms with Gasteiger partial charge in [-0.2, -0.15) is 0 Å². The molecule has 0 unspecified atom stereocenters. The summed E-state index contributed by atoms with van der Waals surface area (Å²) in [7, 11) is 0.